The second kappa shape index (κ2) is 4.69. The number of rotatable bonds is 3. The van der Waals surface area contributed by atoms with E-state index in [-0.39, 0.29) is 0 Å². The van der Waals surface area contributed by atoms with Crippen molar-refractivity contribution < 1.29 is 27.8 Å². The maximum absolute atomic E-state index is 12.3. The van der Waals surface area contributed by atoms with Crippen LogP contribution in [-0.4, -0.2) is 22.7 Å². The van der Waals surface area contributed by atoms with E-state index in [2.05, 4.69) is 9.72 Å². The standard InChI is InChI=1S/C9H5F3N2O3/c10-9(11,12)6-1-5(2-13)8(14-3-6)17-4-7(15)16/h1,3H,4H2,(H,15,16). The molecule has 5 nitrogen and oxygen atoms in total. The van der Waals surface area contributed by atoms with E-state index in [1.807, 2.05) is 0 Å². The van der Waals surface area contributed by atoms with Crippen molar-refractivity contribution in [2.75, 3.05) is 6.61 Å². The summed E-state index contributed by atoms with van der Waals surface area (Å²) in [6.07, 6.45) is -4.15. The van der Waals surface area contributed by atoms with Gasteiger partial charge in [0.2, 0.25) is 5.88 Å². The first-order valence-corrected chi connectivity index (χ1v) is 4.16. The predicted octanol–water partition coefficient (Wildman–Crippen LogP) is 1.44. The number of alkyl halides is 3. The van der Waals surface area contributed by atoms with Gasteiger partial charge in [-0.05, 0) is 6.07 Å². The molecule has 0 saturated heterocycles. The highest BCUT2D eigenvalue weighted by molar-refractivity contribution is 5.68. The third kappa shape index (κ3) is 3.34. The lowest BCUT2D eigenvalue weighted by atomic mass is 10.2. The molecule has 0 aliphatic carbocycles. The van der Waals surface area contributed by atoms with Crippen molar-refractivity contribution in [2.24, 2.45) is 0 Å². The van der Waals surface area contributed by atoms with Crippen LogP contribution in [0.5, 0.6) is 5.88 Å². The maximum atomic E-state index is 12.3. The van der Waals surface area contributed by atoms with Gasteiger partial charge in [-0.25, -0.2) is 9.78 Å². The second-order valence-corrected chi connectivity index (χ2v) is 2.87. The Morgan fingerprint density at radius 3 is 2.71 bits per heavy atom. The highest BCUT2D eigenvalue weighted by atomic mass is 19.4. The molecule has 8 heteroatoms. The molecule has 0 amide bonds. The number of nitriles is 1. The number of carboxylic acid groups (broad SMARTS) is 1. The van der Waals surface area contributed by atoms with Crippen LogP contribution in [-0.2, 0) is 11.0 Å². The number of hydrogen-bond acceptors (Lipinski definition) is 4. The molecule has 1 rings (SSSR count). The number of hydrogen-bond donors (Lipinski definition) is 1. The fourth-order valence-corrected chi connectivity index (χ4v) is 0.932. The molecule has 0 aromatic carbocycles. The van der Waals surface area contributed by atoms with Gasteiger partial charge >= 0.3 is 12.1 Å². The molecule has 0 bridgehead atoms. The third-order valence-corrected chi connectivity index (χ3v) is 1.63. The van der Waals surface area contributed by atoms with Crippen LogP contribution >= 0.6 is 0 Å². The zero-order chi connectivity index (χ0) is 13.1. The Balaban J connectivity index is 3.03. The molecule has 0 aliphatic rings. The van der Waals surface area contributed by atoms with Gasteiger partial charge in [-0.2, -0.15) is 18.4 Å². The minimum absolute atomic E-state index is 0.442. The lowest BCUT2D eigenvalue weighted by Crippen LogP contribution is -2.12. The molecule has 0 spiro atoms. The molecule has 17 heavy (non-hydrogen) atoms. The average molecular weight is 246 g/mol. The summed E-state index contributed by atoms with van der Waals surface area (Å²) in [7, 11) is 0. The van der Waals surface area contributed by atoms with Crippen LogP contribution < -0.4 is 4.74 Å². The summed E-state index contributed by atoms with van der Waals surface area (Å²) in [5.74, 6) is -1.77. The molecule has 1 N–H and O–H groups in total. The number of aromatic nitrogens is 1. The summed E-state index contributed by atoms with van der Waals surface area (Å²) in [5, 5.41) is 16.9. The summed E-state index contributed by atoms with van der Waals surface area (Å²) in [4.78, 5) is 13.4. The van der Waals surface area contributed by atoms with Gasteiger partial charge in [-0.3, -0.25) is 0 Å². The molecule has 0 saturated carbocycles. The number of pyridine rings is 1. The van der Waals surface area contributed by atoms with Crippen LogP contribution in [0.1, 0.15) is 11.1 Å². The fourth-order valence-electron chi connectivity index (χ4n) is 0.932. The van der Waals surface area contributed by atoms with Crippen LogP contribution in [0.3, 0.4) is 0 Å². The van der Waals surface area contributed by atoms with Gasteiger partial charge in [0, 0.05) is 6.20 Å². The van der Waals surface area contributed by atoms with Gasteiger partial charge in [-0.15, -0.1) is 0 Å². The Morgan fingerprint density at radius 2 is 2.24 bits per heavy atom. The lowest BCUT2D eigenvalue weighted by molar-refractivity contribution is -0.140. The first-order valence-electron chi connectivity index (χ1n) is 4.16. The molecular formula is C9H5F3N2O3. The molecule has 1 aromatic rings. The second-order valence-electron chi connectivity index (χ2n) is 2.87. The molecular weight excluding hydrogens is 241 g/mol. The van der Waals surface area contributed by atoms with Crippen molar-refractivity contribution in [1.29, 1.82) is 5.26 Å². The van der Waals surface area contributed by atoms with Gasteiger partial charge in [0.15, 0.2) is 6.61 Å². The van der Waals surface area contributed by atoms with Crippen LogP contribution in [0.4, 0.5) is 13.2 Å². The monoisotopic (exact) mass is 246 g/mol. The number of halogens is 3. The van der Waals surface area contributed by atoms with E-state index in [0.29, 0.717) is 12.3 Å². The van der Waals surface area contributed by atoms with Gasteiger partial charge in [-0.1, -0.05) is 0 Å². The minimum atomic E-state index is -4.62. The van der Waals surface area contributed by atoms with E-state index in [1.54, 1.807) is 0 Å². The Morgan fingerprint density at radius 1 is 1.59 bits per heavy atom. The van der Waals surface area contributed by atoms with Crippen molar-refractivity contribution in [2.45, 2.75) is 6.18 Å². The van der Waals surface area contributed by atoms with E-state index in [4.69, 9.17) is 10.4 Å². The smallest absolute Gasteiger partial charge is 0.417 e. The summed E-state index contributed by atoms with van der Waals surface area (Å²) in [5.41, 5.74) is -1.57. The molecule has 0 unspecified atom stereocenters. The van der Waals surface area contributed by atoms with E-state index in [0.717, 1.165) is 0 Å². The van der Waals surface area contributed by atoms with Gasteiger partial charge in [0.1, 0.15) is 11.6 Å². The normalized spacial score (nSPS) is 10.7. The average Bonchev–Trinajstić information content (AvgIpc) is 2.24. The van der Waals surface area contributed by atoms with E-state index < -0.39 is 35.8 Å². The quantitative estimate of drug-likeness (QED) is 0.872. The summed E-state index contributed by atoms with van der Waals surface area (Å²) in [6.45, 7) is -0.785. The molecule has 1 aromatic heterocycles. The summed E-state index contributed by atoms with van der Waals surface area (Å²) < 4.78 is 41.4. The Labute approximate surface area is 93.1 Å². The van der Waals surface area contributed by atoms with Gasteiger partial charge < -0.3 is 9.84 Å². The van der Waals surface area contributed by atoms with Crippen LogP contribution in [0.25, 0.3) is 0 Å². The molecule has 90 valence electrons. The first-order chi connectivity index (χ1) is 7.84. The zero-order valence-electron chi connectivity index (χ0n) is 8.15. The van der Waals surface area contributed by atoms with Gasteiger partial charge in [0.05, 0.1) is 5.56 Å². The minimum Gasteiger partial charge on any atom is -0.479 e. The van der Waals surface area contributed by atoms with Crippen molar-refractivity contribution >= 4 is 5.97 Å². The third-order valence-electron chi connectivity index (χ3n) is 1.63. The summed E-state index contributed by atoms with van der Waals surface area (Å²) in [6, 6.07) is 2.00. The number of carboxylic acids is 1. The number of nitrogens with zero attached hydrogens (tertiary/aromatic N) is 2. The van der Waals surface area contributed by atoms with E-state index >= 15 is 0 Å². The largest absolute Gasteiger partial charge is 0.479 e. The Kier molecular flexibility index (Phi) is 3.52. The number of carbonyl (C=O) groups is 1. The number of ether oxygens (including phenoxy) is 1. The molecule has 0 radical (unpaired) electrons. The topological polar surface area (TPSA) is 83.2 Å². The van der Waals surface area contributed by atoms with Crippen LogP contribution in [0, 0.1) is 11.3 Å². The predicted molar refractivity (Wildman–Crippen MR) is 47.1 cm³/mol. The van der Waals surface area contributed by atoms with E-state index in [1.165, 1.54) is 6.07 Å². The Hall–Kier alpha value is -2.30. The van der Waals surface area contributed by atoms with Gasteiger partial charge in [0.25, 0.3) is 0 Å². The van der Waals surface area contributed by atoms with Crippen LogP contribution in [0.2, 0.25) is 0 Å². The van der Waals surface area contributed by atoms with Crippen molar-refractivity contribution in [1.82, 2.24) is 4.98 Å². The van der Waals surface area contributed by atoms with Crippen molar-refractivity contribution in [3.8, 4) is 11.9 Å². The summed E-state index contributed by atoms with van der Waals surface area (Å²) >= 11 is 0. The van der Waals surface area contributed by atoms with E-state index in [9.17, 15) is 18.0 Å². The zero-order valence-corrected chi connectivity index (χ0v) is 8.15. The van der Waals surface area contributed by atoms with Crippen LogP contribution in [0.15, 0.2) is 12.3 Å². The molecule has 1 heterocycles. The number of aliphatic carboxylic acids is 1. The van der Waals surface area contributed by atoms with Crippen molar-refractivity contribution in [3.63, 3.8) is 0 Å². The SMILES string of the molecule is N#Cc1cc(C(F)(F)F)cnc1OCC(=O)O. The molecule has 0 aliphatic heterocycles. The lowest BCUT2D eigenvalue weighted by Gasteiger charge is -2.08. The fraction of sp³-hybridized carbons (Fsp3) is 0.222. The Bertz CT molecular complexity index is 479. The first kappa shape index (κ1) is 12.8. The van der Waals surface area contributed by atoms with Crippen molar-refractivity contribution in [3.05, 3.63) is 23.4 Å². The highest BCUT2D eigenvalue weighted by Gasteiger charge is 2.32. The highest BCUT2D eigenvalue weighted by Crippen LogP contribution is 2.30. The maximum Gasteiger partial charge on any atom is 0.417 e. The molecule has 0 fully saturated rings. The molecule has 0 atom stereocenters.